The number of carbonyl (C=O) groups excluding carboxylic acids is 1. The Morgan fingerprint density at radius 2 is 1.67 bits per heavy atom. The zero-order chi connectivity index (χ0) is 24.1. The summed E-state index contributed by atoms with van der Waals surface area (Å²) in [5.74, 6) is 0.134. The highest BCUT2D eigenvalue weighted by Gasteiger charge is 2.19. The SMILES string of the molecule is CCOC(Cc1ccc(OCCN(CC(CC)CC)C(=O)Nc2ccccc2)cc1)C(=O)O. The molecule has 180 valence electrons. The molecule has 0 heterocycles. The molecule has 2 N–H and O–H groups in total. The number of carbonyl (C=O) groups is 2. The summed E-state index contributed by atoms with van der Waals surface area (Å²) in [4.78, 5) is 26.0. The molecule has 0 saturated carbocycles. The van der Waals surface area contributed by atoms with Gasteiger partial charge in [0.15, 0.2) is 6.10 Å². The van der Waals surface area contributed by atoms with E-state index in [4.69, 9.17) is 9.47 Å². The fourth-order valence-electron chi connectivity index (χ4n) is 3.49. The number of urea groups is 1. The highest BCUT2D eigenvalue weighted by Crippen LogP contribution is 2.16. The number of aliphatic carboxylic acids is 1. The van der Waals surface area contributed by atoms with Crippen molar-refractivity contribution in [1.82, 2.24) is 4.90 Å². The van der Waals surface area contributed by atoms with Crippen LogP contribution >= 0.6 is 0 Å². The van der Waals surface area contributed by atoms with E-state index in [1.54, 1.807) is 11.8 Å². The topological polar surface area (TPSA) is 88.1 Å². The van der Waals surface area contributed by atoms with Crippen LogP contribution in [-0.4, -0.2) is 54.4 Å². The predicted octanol–water partition coefficient (Wildman–Crippen LogP) is 5.07. The fraction of sp³-hybridized carbons (Fsp3) is 0.462. The number of ether oxygens (including phenoxy) is 2. The van der Waals surface area contributed by atoms with E-state index in [0.717, 1.165) is 24.1 Å². The zero-order valence-electron chi connectivity index (χ0n) is 19.8. The number of para-hydroxylation sites is 1. The molecule has 0 radical (unpaired) electrons. The normalized spacial score (nSPS) is 11.8. The maximum atomic E-state index is 12.9. The predicted molar refractivity (Wildman–Crippen MR) is 130 cm³/mol. The zero-order valence-corrected chi connectivity index (χ0v) is 19.8. The molecule has 0 aliphatic carbocycles. The first-order valence-electron chi connectivity index (χ1n) is 11.6. The number of hydrogen-bond donors (Lipinski definition) is 2. The largest absolute Gasteiger partial charge is 0.492 e. The van der Waals surface area contributed by atoms with Gasteiger partial charge in [0.05, 0.1) is 6.54 Å². The van der Waals surface area contributed by atoms with Crippen molar-refractivity contribution in [2.45, 2.75) is 46.1 Å². The van der Waals surface area contributed by atoms with Crippen molar-refractivity contribution in [3.8, 4) is 5.75 Å². The lowest BCUT2D eigenvalue weighted by atomic mass is 10.0. The molecule has 0 bridgehead atoms. The monoisotopic (exact) mass is 456 g/mol. The highest BCUT2D eigenvalue weighted by atomic mass is 16.5. The molecule has 1 atom stereocenters. The molecular weight excluding hydrogens is 420 g/mol. The maximum absolute atomic E-state index is 12.9. The quantitative estimate of drug-likeness (QED) is 0.414. The molecular formula is C26H36N2O5. The molecule has 0 aromatic heterocycles. The van der Waals surface area contributed by atoms with E-state index in [1.165, 1.54) is 0 Å². The van der Waals surface area contributed by atoms with E-state index >= 15 is 0 Å². The van der Waals surface area contributed by atoms with Gasteiger partial charge in [0, 0.05) is 25.3 Å². The average molecular weight is 457 g/mol. The van der Waals surface area contributed by atoms with Gasteiger partial charge in [0.25, 0.3) is 0 Å². The van der Waals surface area contributed by atoms with Gasteiger partial charge >= 0.3 is 12.0 Å². The van der Waals surface area contributed by atoms with Gasteiger partial charge < -0.3 is 24.8 Å². The van der Waals surface area contributed by atoms with Crippen molar-refractivity contribution in [2.24, 2.45) is 5.92 Å². The first kappa shape index (κ1) is 26.2. The van der Waals surface area contributed by atoms with Gasteiger partial charge in [-0.25, -0.2) is 9.59 Å². The minimum atomic E-state index is -0.969. The summed E-state index contributed by atoms with van der Waals surface area (Å²) in [5, 5.41) is 12.2. The number of anilines is 1. The molecule has 7 nitrogen and oxygen atoms in total. The van der Waals surface area contributed by atoms with E-state index in [2.05, 4.69) is 19.2 Å². The van der Waals surface area contributed by atoms with Crippen LogP contribution in [0.25, 0.3) is 0 Å². The number of nitrogens with zero attached hydrogens (tertiary/aromatic N) is 1. The summed E-state index contributed by atoms with van der Waals surface area (Å²) in [5.41, 5.74) is 1.63. The van der Waals surface area contributed by atoms with Crippen LogP contribution in [0.4, 0.5) is 10.5 Å². The second kappa shape index (κ2) is 14.2. The number of amides is 2. The van der Waals surface area contributed by atoms with Crippen molar-refractivity contribution >= 4 is 17.7 Å². The number of carboxylic acids is 1. The summed E-state index contributed by atoms with van der Waals surface area (Å²) >= 11 is 0. The minimum Gasteiger partial charge on any atom is -0.492 e. The van der Waals surface area contributed by atoms with Crippen LogP contribution in [0.3, 0.4) is 0 Å². The molecule has 0 saturated heterocycles. The third-order valence-electron chi connectivity index (χ3n) is 5.56. The second-order valence-electron chi connectivity index (χ2n) is 7.90. The van der Waals surface area contributed by atoms with E-state index in [-0.39, 0.29) is 6.03 Å². The minimum absolute atomic E-state index is 0.136. The Hall–Kier alpha value is -3.06. The van der Waals surface area contributed by atoms with Gasteiger partial charge in [-0.15, -0.1) is 0 Å². The van der Waals surface area contributed by atoms with Crippen LogP contribution in [0, 0.1) is 5.92 Å². The lowest BCUT2D eigenvalue weighted by Gasteiger charge is -2.27. The smallest absolute Gasteiger partial charge is 0.333 e. The van der Waals surface area contributed by atoms with Crippen molar-refractivity contribution in [3.05, 3.63) is 60.2 Å². The summed E-state index contributed by atoms with van der Waals surface area (Å²) in [6, 6.07) is 16.6. The Morgan fingerprint density at radius 3 is 2.24 bits per heavy atom. The summed E-state index contributed by atoms with van der Waals surface area (Å²) < 4.78 is 11.1. The molecule has 0 fully saturated rings. The number of benzene rings is 2. The van der Waals surface area contributed by atoms with Crippen LogP contribution in [0.2, 0.25) is 0 Å². The molecule has 0 aliphatic heterocycles. The van der Waals surface area contributed by atoms with Gasteiger partial charge in [-0.3, -0.25) is 0 Å². The highest BCUT2D eigenvalue weighted by molar-refractivity contribution is 5.89. The van der Waals surface area contributed by atoms with E-state index in [9.17, 15) is 14.7 Å². The fourth-order valence-corrected chi connectivity index (χ4v) is 3.49. The first-order chi connectivity index (χ1) is 16.0. The number of carboxylic acid groups (broad SMARTS) is 1. The Balaban J connectivity index is 1.93. The molecule has 2 aromatic rings. The number of hydrogen-bond acceptors (Lipinski definition) is 4. The van der Waals surface area contributed by atoms with Crippen LogP contribution in [-0.2, 0) is 16.0 Å². The van der Waals surface area contributed by atoms with E-state index in [1.807, 2.05) is 54.6 Å². The third-order valence-corrected chi connectivity index (χ3v) is 5.56. The van der Waals surface area contributed by atoms with Crippen LogP contribution < -0.4 is 10.1 Å². The number of nitrogens with one attached hydrogen (secondary N) is 1. The molecule has 1 unspecified atom stereocenters. The molecule has 0 spiro atoms. The van der Waals surface area contributed by atoms with Gasteiger partial charge in [-0.1, -0.05) is 57.0 Å². The molecule has 7 heteroatoms. The van der Waals surface area contributed by atoms with Crippen LogP contribution in [0.5, 0.6) is 5.75 Å². The molecule has 0 aliphatic rings. The van der Waals surface area contributed by atoms with Crippen molar-refractivity contribution in [1.29, 1.82) is 0 Å². The third kappa shape index (κ3) is 9.14. The Labute approximate surface area is 196 Å². The van der Waals surface area contributed by atoms with Crippen molar-refractivity contribution < 1.29 is 24.2 Å². The van der Waals surface area contributed by atoms with Crippen molar-refractivity contribution in [3.63, 3.8) is 0 Å². The summed E-state index contributed by atoms with van der Waals surface area (Å²) in [6.45, 7) is 7.89. The lowest BCUT2D eigenvalue weighted by Crippen LogP contribution is -2.40. The Morgan fingerprint density at radius 1 is 1.00 bits per heavy atom. The second-order valence-corrected chi connectivity index (χ2v) is 7.90. The average Bonchev–Trinajstić information content (AvgIpc) is 2.82. The Kier molecular flexibility index (Phi) is 11.2. The van der Waals surface area contributed by atoms with Crippen LogP contribution in [0.15, 0.2) is 54.6 Å². The summed E-state index contributed by atoms with van der Waals surface area (Å²) in [6.07, 6.45) is 1.45. The van der Waals surface area contributed by atoms with Gasteiger partial charge in [-0.2, -0.15) is 0 Å². The van der Waals surface area contributed by atoms with Crippen LogP contribution in [0.1, 0.15) is 39.2 Å². The Bertz CT molecular complexity index is 838. The standard InChI is InChI=1S/C26H36N2O5/c1-4-20(5-2)19-28(26(31)27-22-10-8-7-9-11-22)16-17-33-23-14-12-21(13-15-23)18-24(25(29)30)32-6-3/h7-15,20,24H,4-6,16-19H2,1-3H3,(H,27,31)(H,29,30). The summed E-state index contributed by atoms with van der Waals surface area (Å²) in [7, 11) is 0. The van der Waals surface area contributed by atoms with Crippen molar-refractivity contribution in [2.75, 3.05) is 31.6 Å². The number of rotatable bonds is 14. The lowest BCUT2D eigenvalue weighted by molar-refractivity contribution is -0.149. The first-order valence-corrected chi connectivity index (χ1v) is 11.6. The van der Waals surface area contributed by atoms with E-state index < -0.39 is 12.1 Å². The molecule has 2 aromatic carbocycles. The van der Waals surface area contributed by atoms with Gasteiger partial charge in [0.2, 0.25) is 0 Å². The van der Waals surface area contributed by atoms with E-state index in [0.29, 0.717) is 44.4 Å². The van der Waals surface area contributed by atoms with Gasteiger partial charge in [-0.05, 0) is 42.7 Å². The maximum Gasteiger partial charge on any atom is 0.333 e. The molecule has 33 heavy (non-hydrogen) atoms. The molecule has 2 rings (SSSR count). The molecule has 2 amide bonds. The van der Waals surface area contributed by atoms with Gasteiger partial charge in [0.1, 0.15) is 12.4 Å².